The molecule has 0 aliphatic heterocycles. The van der Waals surface area contributed by atoms with Gasteiger partial charge in [-0.2, -0.15) is 0 Å². The molecular formula is C9H10FNO. The quantitative estimate of drug-likeness (QED) is 0.625. The molecule has 0 bridgehead atoms. The van der Waals surface area contributed by atoms with Crippen LogP contribution in [0.5, 0.6) is 0 Å². The molecule has 0 atom stereocenters. The van der Waals surface area contributed by atoms with Crippen molar-refractivity contribution in [3.63, 3.8) is 0 Å². The number of carbonyl (C=O) groups is 1. The Hall–Kier alpha value is -1.38. The zero-order valence-corrected chi connectivity index (χ0v) is 7.04. The molecule has 12 heavy (non-hydrogen) atoms. The van der Waals surface area contributed by atoms with Crippen molar-refractivity contribution in [2.75, 3.05) is 19.0 Å². The number of benzene rings is 1. The minimum atomic E-state index is -0.461. The van der Waals surface area contributed by atoms with Gasteiger partial charge in [0.2, 0.25) is 0 Å². The van der Waals surface area contributed by atoms with Gasteiger partial charge in [0, 0.05) is 14.1 Å². The Bertz CT molecular complexity index is 297. The van der Waals surface area contributed by atoms with Crippen molar-refractivity contribution in [3.8, 4) is 0 Å². The molecule has 0 amide bonds. The number of rotatable bonds is 2. The first-order valence-corrected chi connectivity index (χ1v) is 3.58. The minimum absolute atomic E-state index is 0.0983. The average Bonchev–Trinajstić information content (AvgIpc) is 2.04. The molecule has 64 valence electrons. The summed E-state index contributed by atoms with van der Waals surface area (Å²) in [6.07, 6.45) is 0.516. The molecule has 0 fully saturated rings. The van der Waals surface area contributed by atoms with E-state index >= 15 is 0 Å². The number of carbonyl (C=O) groups excluding carboxylic acids is 1. The highest BCUT2D eigenvalue weighted by atomic mass is 19.1. The summed E-state index contributed by atoms with van der Waals surface area (Å²) in [6.45, 7) is 0. The number of aldehydes is 1. The fourth-order valence-corrected chi connectivity index (χ4v) is 0.974. The zero-order valence-electron chi connectivity index (χ0n) is 7.04. The monoisotopic (exact) mass is 167 g/mol. The Balaban J connectivity index is 3.22. The third-order valence-corrected chi connectivity index (χ3v) is 1.62. The Morgan fingerprint density at radius 3 is 2.58 bits per heavy atom. The van der Waals surface area contributed by atoms with Crippen molar-refractivity contribution in [2.45, 2.75) is 0 Å². The number of nitrogens with zero attached hydrogens (tertiary/aromatic N) is 1. The van der Waals surface area contributed by atoms with E-state index in [0.29, 0.717) is 12.0 Å². The summed E-state index contributed by atoms with van der Waals surface area (Å²) in [7, 11) is 3.46. The van der Waals surface area contributed by atoms with Gasteiger partial charge in [-0.1, -0.05) is 6.07 Å². The molecule has 0 saturated carbocycles. The fourth-order valence-electron chi connectivity index (χ4n) is 0.974. The van der Waals surface area contributed by atoms with Crippen LogP contribution in [0.25, 0.3) is 0 Å². The van der Waals surface area contributed by atoms with Gasteiger partial charge in [0.25, 0.3) is 0 Å². The van der Waals surface area contributed by atoms with Gasteiger partial charge in [0.15, 0.2) is 12.1 Å². The first-order valence-electron chi connectivity index (χ1n) is 3.58. The number of anilines is 1. The summed E-state index contributed by atoms with van der Waals surface area (Å²) in [4.78, 5) is 12.0. The minimum Gasteiger partial charge on any atom is -0.375 e. The van der Waals surface area contributed by atoms with Crippen molar-refractivity contribution in [1.29, 1.82) is 0 Å². The average molecular weight is 167 g/mol. The van der Waals surface area contributed by atoms with Crippen LogP contribution in [0.4, 0.5) is 10.1 Å². The molecule has 0 aliphatic carbocycles. The Morgan fingerprint density at radius 2 is 2.08 bits per heavy atom. The van der Waals surface area contributed by atoms with E-state index in [1.807, 2.05) is 0 Å². The Morgan fingerprint density at radius 1 is 1.42 bits per heavy atom. The molecule has 0 unspecified atom stereocenters. The molecule has 2 nitrogen and oxygen atoms in total. The maximum atomic E-state index is 13.3. The molecule has 0 radical (unpaired) electrons. The van der Waals surface area contributed by atoms with E-state index in [1.54, 1.807) is 31.1 Å². The van der Waals surface area contributed by atoms with Gasteiger partial charge in [-0.05, 0) is 12.1 Å². The van der Waals surface area contributed by atoms with Crippen LogP contribution in [-0.2, 0) is 0 Å². The lowest BCUT2D eigenvalue weighted by Crippen LogP contribution is -2.11. The largest absolute Gasteiger partial charge is 0.375 e. The lowest BCUT2D eigenvalue weighted by molar-refractivity contribution is 0.112. The third kappa shape index (κ3) is 1.44. The standard InChI is InChI=1S/C9H10FNO/c1-11(2)8-5-3-4-7(6-12)9(8)10/h3-6H,1-2H3. The third-order valence-electron chi connectivity index (χ3n) is 1.62. The number of hydrogen-bond donors (Lipinski definition) is 0. The van der Waals surface area contributed by atoms with E-state index < -0.39 is 5.82 Å². The van der Waals surface area contributed by atoms with Gasteiger partial charge in [-0.25, -0.2) is 4.39 Å². The molecule has 0 N–H and O–H groups in total. The van der Waals surface area contributed by atoms with Gasteiger partial charge < -0.3 is 4.90 Å². The van der Waals surface area contributed by atoms with E-state index in [1.165, 1.54) is 6.07 Å². The van der Waals surface area contributed by atoms with Crippen LogP contribution in [0.3, 0.4) is 0 Å². The maximum Gasteiger partial charge on any atom is 0.156 e. The molecule has 0 heterocycles. The smallest absolute Gasteiger partial charge is 0.156 e. The molecular weight excluding hydrogens is 157 g/mol. The SMILES string of the molecule is CN(C)c1cccc(C=O)c1F. The number of halogens is 1. The van der Waals surface area contributed by atoms with Crippen LogP contribution >= 0.6 is 0 Å². The predicted molar refractivity (Wildman–Crippen MR) is 46.1 cm³/mol. The first-order chi connectivity index (χ1) is 5.66. The molecule has 1 aromatic rings. The second-order valence-corrected chi connectivity index (χ2v) is 2.69. The van der Waals surface area contributed by atoms with Crippen molar-refractivity contribution >= 4 is 12.0 Å². The van der Waals surface area contributed by atoms with Crippen molar-refractivity contribution < 1.29 is 9.18 Å². The molecule has 0 spiro atoms. The maximum absolute atomic E-state index is 13.3. The molecule has 1 rings (SSSR count). The summed E-state index contributed by atoms with van der Waals surface area (Å²) >= 11 is 0. The second-order valence-electron chi connectivity index (χ2n) is 2.69. The van der Waals surface area contributed by atoms with E-state index in [2.05, 4.69) is 0 Å². The van der Waals surface area contributed by atoms with Crippen molar-refractivity contribution in [1.82, 2.24) is 0 Å². The summed E-state index contributed by atoms with van der Waals surface area (Å²) in [5.41, 5.74) is 0.529. The second kappa shape index (κ2) is 3.34. The molecule has 0 aliphatic rings. The van der Waals surface area contributed by atoms with Crippen molar-refractivity contribution in [2.24, 2.45) is 0 Å². The lowest BCUT2D eigenvalue weighted by atomic mass is 10.2. The van der Waals surface area contributed by atoms with E-state index in [-0.39, 0.29) is 5.56 Å². The van der Waals surface area contributed by atoms with Crippen LogP contribution in [0.15, 0.2) is 18.2 Å². The highest BCUT2D eigenvalue weighted by molar-refractivity contribution is 5.77. The molecule has 0 saturated heterocycles. The van der Waals surface area contributed by atoms with E-state index in [0.717, 1.165) is 0 Å². The predicted octanol–water partition coefficient (Wildman–Crippen LogP) is 1.70. The summed E-state index contributed by atoms with van der Waals surface area (Å²) in [5, 5.41) is 0. The molecule has 1 aromatic carbocycles. The number of hydrogen-bond acceptors (Lipinski definition) is 2. The van der Waals surface area contributed by atoms with Crippen LogP contribution in [0.1, 0.15) is 10.4 Å². The molecule has 3 heteroatoms. The van der Waals surface area contributed by atoms with Crippen LogP contribution in [0.2, 0.25) is 0 Å². The van der Waals surface area contributed by atoms with Gasteiger partial charge >= 0.3 is 0 Å². The van der Waals surface area contributed by atoms with Crippen molar-refractivity contribution in [3.05, 3.63) is 29.6 Å². The van der Waals surface area contributed by atoms with E-state index in [9.17, 15) is 9.18 Å². The van der Waals surface area contributed by atoms with E-state index in [4.69, 9.17) is 0 Å². The normalized spacial score (nSPS) is 9.58. The highest BCUT2D eigenvalue weighted by Gasteiger charge is 2.07. The highest BCUT2D eigenvalue weighted by Crippen LogP contribution is 2.18. The van der Waals surface area contributed by atoms with Crippen LogP contribution < -0.4 is 4.90 Å². The Kier molecular flexibility index (Phi) is 2.43. The topological polar surface area (TPSA) is 20.3 Å². The van der Waals surface area contributed by atoms with Gasteiger partial charge in [-0.15, -0.1) is 0 Å². The fraction of sp³-hybridized carbons (Fsp3) is 0.222. The summed E-state index contributed by atoms with van der Waals surface area (Å²) in [5.74, 6) is -0.461. The summed E-state index contributed by atoms with van der Waals surface area (Å²) in [6, 6.07) is 4.74. The zero-order chi connectivity index (χ0) is 9.14. The van der Waals surface area contributed by atoms with Crippen LogP contribution in [0, 0.1) is 5.82 Å². The molecule has 0 aromatic heterocycles. The van der Waals surface area contributed by atoms with Gasteiger partial charge in [-0.3, -0.25) is 4.79 Å². The van der Waals surface area contributed by atoms with Gasteiger partial charge in [0.05, 0.1) is 11.3 Å². The van der Waals surface area contributed by atoms with Gasteiger partial charge in [0.1, 0.15) is 0 Å². The lowest BCUT2D eigenvalue weighted by Gasteiger charge is -2.13. The Labute approximate surface area is 70.6 Å². The van der Waals surface area contributed by atoms with Crippen LogP contribution in [-0.4, -0.2) is 20.4 Å². The first kappa shape index (κ1) is 8.71. The summed E-state index contributed by atoms with van der Waals surface area (Å²) < 4.78 is 13.3.